The van der Waals surface area contributed by atoms with Crippen LogP contribution in [-0.2, 0) is 28.5 Å². The van der Waals surface area contributed by atoms with Crippen LogP contribution in [0.25, 0.3) is 0 Å². The van der Waals surface area contributed by atoms with Gasteiger partial charge in [0.2, 0.25) is 0 Å². The van der Waals surface area contributed by atoms with Gasteiger partial charge in [-0.15, -0.1) is 0 Å². The molecule has 0 N–H and O–H groups in total. The fourth-order valence-electron chi connectivity index (χ4n) is 3.77. The highest BCUT2D eigenvalue weighted by Gasteiger charge is 2.44. The Balaban J connectivity index is 2.14. The first-order valence-corrected chi connectivity index (χ1v) is 10.9. The Morgan fingerprint density at radius 1 is 1.10 bits per heavy atom. The summed E-state index contributed by atoms with van der Waals surface area (Å²) in [5.74, 6) is -1.07. The standard InChI is InChI=1S/C23H38O6/c1-18-13-11-9-7-5-6-8-10-12-14-20-22(29-23(2,3)28-20)19(26-17-25-4)15-16-21(24)27-18/h10,12,15-16,18-20,22H,5-9,11,13-14,17H2,1-4H3/b12-10-,16-15+/t18-,19+,20+,22+/m0/s1. The molecule has 6 nitrogen and oxygen atoms in total. The first-order valence-electron chi connectivity index (χ1n) is 10.9. The Bertz CT molecular complexity index is 541. The van der Waals surface area contributed by atoms with Crippen LogP contribution in [0.1, 0.15) is 72.1 Å². The molecule has 0 spiro atoms. The maximum atomic E-state index is 12.2. The summed E-state index contributed by atoms with van der Waals surface area (Å²) in [6.07, 6.45) is 15.1. The van der Waals surface area contributed by atoms with E-state index in [0.29, 0.717) is 0 Å². The molecule has 2 aliphatic rings. The van der Waals surface area contributed by atoms with Crippen molar-refractivity contribution in [1.82, 2.24) is 0 Å². The predicted molar refractivity (Wildman–Crippen MR) is 111 cm³/mol. The molecule has 166 valence electrons. The van der Waals surface area contributed by atoms with E-state index < -0.39 is 11.9 Å². The third-order valence-electron chi connectivity index (χ3n) is 5.18. The minimum absolute atomic E-state index is 0.0925. The van der Waals surface area contributed by atoms with Crippen molar-refractivity contribution < 1.29 is 28.5 Å². The lowest BCUT2D eigenvalue weighted by atomic mass is 10.0. The van der Waals surface area contributed by atoms with Crippen molar-refractivity contribution in [3.8, 4) is 0 Å². The molecule has 0 saturated carbocycles. The molecule has 0 aliphatic carbocycles. The Hall–Kier alpha value is -1.21. The minimum Gasteiger partial charge on any atom is -0.460 e. The van der Waals surface area contributed by atoms with Crippen LogP contribution in [0.15, 0.2) is 24.3 Å². The van der Waals surface area contributed by atoms with Gasteiger partial charge in [-0.25, -0.2) is 4.79 Å². The number of fused-ring (bicyclic) bond motifs is 1. The topological polar surface area (TPSA) is 63.2 Å². The zero-order valence-electron chi connectivity index (χ0n) is 18.4. The van der Waals surface area contributed by atoms with E-state index in [1.165, 1.54) is 31.8 Å². The molecule has 0 aromatic rings. The molecule has 0 aromatic heterocycles. The SMILES string of the molecule is COCO[C@@H]1/C=C/C(=O)O[C@@H](C)CCCCCCC/C=C\C[C@H]2OC(C)(C)O[C@H]12. The summed E-state index contributed by atoms with van der Waals surface area (Å²) in [6, 6.07) is 0. The molecule has 0 amide bonds. The fraction of sp³-hybridized carbons (Fsp3) is 0.783. The number of esters is 1. The van der Waals surface area contributed by atoms with Gasteiger partial charge in [0.15, 0.2) is 5.79 Å². The van der Waals surface area contributed by atoms with E-state index in [1.807, 2.05) is 20.8 Å². The van der Waals surface area contributed by atoms with Gasteiger partial charge in [-0.3, -0.25) is 0 Å². The van der Waals surface area contributed by atoms with Crippen molar-refractivity contribution in [2.24, 2.45) is 0 Å². The van der Waals surface area contributed by atoms with E-state index in [0.717, 1.165) is 25.7 Å². The number of hydrogen-bond acceptors (Lipinski definition) is 6. The molecule has 29 heavy (non-hydrogen) atoms. The molecule has 2 heterocycles. The number of carbonyl (C=O) groups is 1. The largest absolute Gasteiger partial charge is 0.460 e. The molecular formula is C23H38O6. The maximum Gasteiger partial charge on any atom is 0.330 e. The first kappa shape index (κ1) is 24.1. The Labute approximate surface area is 175 Å². The lowest BCUT2D eigenvalue weighted by Crippen LogP contribution is -2.36. The highest BCUT2D eigenvalue weighted by Crippen LogP contribution is 2.33. The van der Waals surface area contributed by atoms with E-state index in [9.17, 15) is 4.79 Å². The zero-order valence-corrected chi connectivity index (χ0v) is 18.4. The number of cyclic esters (lactones) is 1. The Kier molecular flexibility index (Phi) is 10.4. The summed E-state index contributed by atoms with van der Waals surface area (Å²) >= 11 is 0. The van der Waals surface area contributed by atoms with E-state index in [1.54, 1.807) is 13.2 Å². The van der Waals surface area contributed by atoms with E-state index in [-0.39, 0.29) is 31.1 Å². The van der Waals surface area contributed by atoms with Gasteiger partial charge in [0.25, 0.3) is 0 Å². The summed E-state index contributed by atoms with van der Waals surface area (Å²) in [4.78, 5) is 12.2. The normalized spacial score (nSPS) is 34.4. The average Bonchev–Trinajstić information content (AvgIpc) is 2.97. The third kappa shape index (κ3) is 8.99. The van der Waals surface area contributed by atoms with E-state index in [2.05, 4.69) is 12.2 Å². The van der Waals surface area contributed by atoms with Crippen LogP contribution >= 0.6 is 0 Å². The molecule has 1 saturated heterocycles. The second-order valence-electron chi connectivity index (χ2n) is 8.34. The van der Waals surface area contributed by atoms with Gasteiger partial charge in [0.05, 0.1) is 12.2 Å². The monoisotopic (exact) mass is 410 g/mol. The van der Waals surface area contributed by atoms with Gasteiger partial charge in [-0.1, -0.05) is 31.4 Å². The molecule has 1 fully saturated rings. The second kappa shape index (κ2) is 12.5. The van der Waals surface area contributed by atoms with Crippen LogP contribution in [0.4, 0.5) is 0 Å². The van der Waals surface area contributed by atoms with Crippen LogP contribution in [-0.4, -0.2) is 50.1 Å². The van der Waals surface area contributed by atoms with Gasteiger partial charge in [-0.2, -0.15) is 0 Å². The minimum atomic E-state index is -0.709. The number of rotatable bonds is 3. The molecule has 6 heteroatoms. The molecular weight excluding hydrogens is 372 g/mol. The maximum absolute atomic E-state index is 12.2. The Morgan fingerprint density at radius 2 is 1.86 bits per heavy atom. The van der Waals surface area contributed by atoms with Crippen LogP contribution in [0.3, 0.4) is 0 Å². The molecule has 2 rings (SSSR count). The van der Waals surface area contributed by atoms with Gasteiger partial charge in [-0.05, 0) is 59.0 Å². The summed E-state index contributed by atoms with van der Waals surface area (Å²) in [5, 5.41) is 0. The first-order chi connectivity index (χ1) is 13.9. The van der Waals surface area contributed by atoms with Crippen molar-refractivity contribution >= 4 is 5.97 Å². The second-order valence-corrected chi connectivity index (χ2v) is 8.34. The molecule has 4 atom stereocenters. The summed E-state index contributed by atoms with van der Waals surface area (Å²) in [5.41, 5.74) is 0. The summed E-state index contributed by atoms with van der Waals surface area (Å²) in [7, 11) is 1.57. The van der Waals surface area contributed by atoms with E-state index in [4.69, 9.17) is 23.7 Å². The fourth-order valence-corrected chi connectivity index (χ4v) is 3.77. The lowest BCUT2D eigenvalue weighted by Gasteiger charge is -2.24. The predicted octanol–water partition coefficient (Wildman–Crippen LogP) is 4.67. The molecule has 0 bridgehead atoms. The van der Waals surface area contributed by atoms with Crippen molar-refractivity contribution in [2.75, 3.05) is 13.9 Å². The van der Waals surface area contributed by atoms with Gasteiger partial charge >= 0.3 is 5.97 Å². The summed E-state index contributed by atoms with van der Waals surface area (Å²) < 4.78 is 28.6. The van der Waals surface area contributed by atoms with Crippen molar-refractivity contribution in [2.45, 2.75) is 102 Å². The van der Waals surface area contributed by atoms with Crippen molar-refractivity contribution in [3.63, 3.8) is 0 Å². The van der Waals surface area contributed by atoms with Crippen LogP contribution in [0.2, 0.25) is 0 Å². The van der Waals surface area contributed by atoms with Crippen LogP contribution in [0, 0.1) is 0 Å². The van der Waals surface area contributed by atoms with Crippen LogP contribution < -0.4 is 0 Å². The van der Waals surface area contributed by atoms with Crippen LogP contribution in [0.5, 0.6) is 0 Å². The Morgan fingerprint density at radius 3 is 2.66 bits per heavy atom. The molecule has 2 aliphatic heterocycles. The quantitative estimate of drug-likeness (QED) is 0.383. The number of methoxy groups -OCH3 is 1. The van der Waals surface area contributed by atoms with E-state index >= 15 is 0 Å². The van der Waals surface area contributed by atoms with Crippen molar-refractivity contribution in [3.05, 3.63) is 24.3 Å². The number of hydrogen-bond donors (Lipinski definition) is 0. The van der Waals surface area contributed by atoms with Crippen molar-refractivity contribution in [1.29, 1.82) is 0 Å². The third-order valence-corrected chi connectivity index (χ3v) is 5.18. The highest BCUT2D eigenvalue weighted by atomic mass is 16.8. The van der Waals surface area contributed by atoms with Gasteiger partial charge in [0, 0.05) is 13.2 Å². The van der Waals surface area contributed by atoms with Gasteiger partial charge in [0.1, 0.15) is 19.0 Å². The molecule has 0 radical (unpaired) electrons. The molecule has 0 unspecified atom stereocenters. The number of carbonyl (C=O) groups excluding carboxylic acids is 1. The average molecular weight is 411 g/mol. The smallest absolute Gasteiger partial charge is 0.330 e. The summed E-state index contributed by atoms with van der Waals surface area (Å²) in [6.45, 7) is 5.84. The highest BCUT2D eigenvalue weighted by molar-refractivity contribution is 5.82. The molecule has 0 aromatic carbocycles. The zero-order chi connectivity index (χ0) is 21.1. The number of ether oxygens (including phenoxy) is 5. The van der Waals surface area contributed by atoms with Gasteiger partial charge < -0.3 is 23.7 Å². The number of allylic oxidation sites excluding steroid dienone is 1. The lowest BCUT2D eigenvalue weighted by molar-refractivity contribution is -0.163.